The Morgan fingerprint density at radius 2 is 1.64 bits per heavy atom. The van der Waals surface area contributed by atoms with E-state index >= 15 is 0 Å². The molecule has 0 aromatic heterocycles. The Morgan fingerprint density at radius 1 is 1.07 bits per heavy atom. The third kappa shape index (κ3) is 3.05. The molecule has 0 aliphatic carbocycles. The monoisotopic (exact) mass is 206 g/mol. The summed E-state index contributed by atoms with van der Waals surface area (Å²) in [6.45, 7) is 6.66. The largest absolute Gasteiger partial charge is 0.643 e. The van der Waals surface area contributed by atoms with Crippen molar-refractivity contribution in [3.8, 4) is 5.75 Å². The number of hydrogen-bond donors (Lipinski definition) is 0. The van der Waals surface area contributed by atoms with Gasteiger partial charge in [0.05, 0.1) is 5.75 Å². The zero-order valence-electron chi connectivity index (χ0n) is 9.79. The molecule has 0 bridgehead atoms. The van der Waals surface area contributed by atoms with Gasteiger partial charge in [0.2, 0.25) is 0 Å². The fraction of sp³-hybridized carbons (Fsp3) is 0.500. The van der Waals surface area contributed by atoms with Crippen molar-refractivity contribution in [3.63, 3.8) is 0 Å². The normalized spacial score (nSPS) is 11.2. The second kappa shape index (κ2) is 4.38. The number of para-hydroxylation sites is 1. The molecule has 0 aliphatic rings. The van der Waals surface area contributed by atoms with Crippen LogP contribution in [0.3, 0.4) is 0 Å². The topological polar surface area (TPSA) is 9.23 Å². The van der Waals surface area contributed by atoms with Crippen LogP contribution in [0.25, 0.3) is 0 Å². The molecule has 0 fully saturated rings. The molecule has 1 nitrogen and oxygen atoms in total. The van der Waals surface area contributed by atoms with Crippen LogP contribution in [0.2, 0.25) is 11.6 Å². The maximum atomic E-state index is 5.91. The summed E-state index contributed by atoms with van der Waals surface area (Å²) in [6.07, 6.45) is 0. The van der Waals surface area contributed by atoms with Crippen molar-refractivity contribution in [2.45, 2.75) is 37.8 Å². The molecule has 0 heterocycles. The fourth-order valence-corrected chi connectivity index (χ4v) is 2.16. The van der Waals surface area contributed by atoms with E-state index in [0.29, 0.717) is 0 Å². The van der Waals surface area contributed by atoms with Gasteiger partial charge in [-0.05, 0) is 17.0 Å². The van der Waals surface area contributed by atoms with Crippen molar-refractivity contribution in [2.75, 3.05) is 0 Å². The molecule has 0 radical (unpaired) electrons. The summed E-state index contributed by atoms with van der Waals surface area (Å²) in [7, 11) is 0. The van der Waals surface area contributed by atoms with Crippen LogP contribution in [0, 0.1) is 0 Å². The van der Waals surface area contributed by atoms with Gasteiger partial charge in [0.25, 0.3) is 0 Å². The standard InChI is InChI=1S/C10H14O.2CH3.Al/c1-10(2,3)8-6-4-5-7-9(8)11;;;/h4-7,11H,1-3H3;2*1H3;/q;;;+1/p-1. The SMILES string of the molecule is [CH3][Al]([CH3])[O]c1ccccc1C(C)(C)C. The first-order chi connectivity index (χ1) is 6.41. The maximum Gasteiger partial charge on any atom is 0.540 e. The quantitative estimate of drug-likeness (QED) is 0.671. The summed E-state index contributed by atoms with van der Waals surface area (Å²) in [5.74, 6) is 5.46. The van der Waals surface area contributed by atoms with Crippen LogP contribution >= 0.6 is 0 Å². The number of hydrogen-bond acceptors (Lipinski definition) is 1. The van der Waals surface area contributed by atoms with Gasteiger partial charge in [-0.25, -0.2) is 0 Å². The first-order valence-electron chi connectivity index (χ1n) is 5.17. The van der Waals surface area contributed by atoms with Gasteiger partial charge < -0.3 is 3.79 Å². The predicted octanol–water partition coefficient (Wildman–Crippen LogP) is 3.61. The third-order valence-electron chi connectivity index (χ3n) is 2.06. The smallest absolute Gasteiger partial charge is 0.540 e. The van der Waals surface area contributed by atoms with E-state index in [2.05, 4.69) is 50.5 Å². The third-order valence-corrected chi connectivity index (χ3v) is 2.78. The Bertz CT molecular complexity index is 299. The van der Waals surface area contributed by atoms with Gasteiger partial charge in [0, 0.05) is 0 Å². The molecule has 0 atom stereocenters. The second-order valence-corrected chi connectivity index (χ2v) is 7.25. The van der Waals surface area contributed by atoms with E-state index < -0.39 is 14.5 Å². The van der Waals surface area contributed by atoms with E-state index in [-0.39, 0.29) is 5.41 Å². The Kier molecular flexibility index (Phi) is 3.64. The van der Waals surface area contributed by atoms with Gasteiger partial charge >= 0.3 is 14.5 Å². The Balaban J connectivity index is 3.04. The predicted molar refractivity (Wildman–Crippen MR) is 63.3 cm³/mol. The first-order valence-corrected chi connectivity index (χ1v) is 7.95. The Hall–Kier alpha value is -0.448. The molecule has 0 spiro atoms. The molecule has 14 heavy (non-hydrogen) atoms. The van der Waals surface area contributed by atoms with Crippen LogP contribution in [0.5, 0.6) is 5.75 Å². The van der Waals surface area contributed by atoms with Crippen molar-refractivity contribution < 1.29 is 3.79 Å². The molecule has 2 heteroatoms. The lowest BCUT2D eigenvalue weighted by atomic mass is 9.86. The summed E-state index contributed by atoms with van der Waals surface area (Å²) in [6, 6.07) is 8.36. The lowest BCUT2D eigenvalue weighted by Crippen LogP contribution is -2.17. The molecule has 0 saturated heterocycles. The molecule has 1 aromatic rings. The highest BCUT2D eigenvalue weighted by molar-refractivity contribution is 6.49. The molecule has 1 rings (SSSR count). The van der Waals surface area contributed by atoms with Gasteiger partial charge in [0.15, 0.2) is 0 Å². The minimum Gasteiger partial charge on any atom is -0.643 e. The summed E-state index contributed by atoms with van der Waals surface area (Å²) in [5.41, 5.74) is 1.47. The molecule has 1 aromatic carbocycles. The van der Waals surface area contributed by atoms with E-state index in [9.17, 15) is 0 Å². The van der Waals surface area contributed by atoms with Crippen LogP contribution in [0.1, 0.15) is 26.3 Å². The van der Waals surface area contributed by atoms with Crippen molar-refractivity contribution in [1.82, 2.24) is 0 Å². The van der Waals surface area contributed by atoms with Gasteiger partial charge in [0.1, 0.15) is 0 Å². The fourth-order valence-electron chi connectivity index (χ4n) is 1.44. The van der Waals surface area contributed by atoms with Crippen LogP contribution in [-0.4, -0.2) is 14.5 Å². The molecule has 0 saturated carbocycles. The minimum atomic E-state index is -0.997. The van der Waals surface area contributed by atoms with Crippen LogP contribution in [0.15, 0.2) is 24.3 Å². The van der Waals surface area contributed by atoms with Gasteiger partial charge in [-0.3, -0.25) is 0 Å². The lowest BCUT2D eigenvalue weighted by Gasteiger charge is -2.24. The molecule has 0 aliphatic heterocycles. The van der Waals surface area contributed by atoms with Gasteiger partial charge in [-0.2, -0.15) is 0 Å². The van der Waals surface area contributed by atoms with Gasteiger partial charge in [-0.1, -0.05) is 50.5 Å². The number of benzene rings is 1. The van der Waals surface area contributed by atoms with E-state index in [4.69, 9.17) is 3.79 Å². The zero-order valence-corrected chi connectivity index (χ0v) is 10.9. The molecular weight excluding hydrogens is 187 g/mol. The average Bonchev–Trinajstić information content (AvgIpc) is 2.01. The Labute approximate surface area is 91.8 Å². The molecular formula is C12H19AlO. The molecule has 0 amide bonds. The second-order valence-electron chi connectivity index (χ2n) is 4.91. The summed E-state index contributed by atoms with van der Waals surface area (Å²) >= 11 is -0.997. The van der Waals surface area contributed by atoms with Crippen molar-refractivity contribution in [2.24, 2.45) is 0 Å². The molecule has 0 N–H and O–H groups in total. The van der Waals surface area contributed by atoms with Crippen molar-refractivity contribution in [1.29, 1.82) is 0 Å². The summed E-state index contributed by atoms with van der Waals surface area (Å²) in [5, 5.41) is 0. The Morgan fingerprint density at radius 3 is 2.14 bits per heavy atom. The van der Waals surface area contributed by atoms with E-state index in [1.54, 1.807) is 0 Å². The van der Waals surface area contributed by atoms with Crippen LogP contribution < -0.4 is 3.79 Å². The highest BCUT2D eigenvalue weighted by Crippen LogP contribution is 2.31. The maximum absolute atomic E-state index is 5.91. The van der Waals surface area contributed by atoms with E-state index in [1.165, 1.54) is 5.56 Å². The molecule has 0 unspecified atom stereocenters. The van der Waals surface area contributed by atoms with Crippen LogP contribution in [0.4, 0.5) is 0 Å². The highest BCUT2D eigenvalue weighted by atomic mass is 27.2. The number of rotatable bonds is 2. The van der Waals surface area contributed by atoms with E-state index in [1.807, 2.05) is 6.07 Å². The minimum absolute atomic E-state index is 0.167. The highest BCUT2D eigenvalue weighted by Gasteiger charge is 2.19. The zero-order chi connectivity index (χ0) is 10.8. The van der Waals surface area contributed by atoms with E-state index in [0.717, 1.165) is 5.75 Å². The van der Waals surface area contributed by atoms with Crippen molar-refractivity contribution in [3.05, 3.63) is 29.8 Å². The average molecular weight is 206 g/mol. The summed E-state index contributed by atoms with van der Waals surface area (Å²) < 4.78 is 5.91. The lowest BCUT2D eigenvalue weighted by molar-refractivity contribution is 0.520. The summed E-state index contributed by atoms with van der Waals surface area (Å²) in [4.78, 5) is 0. The van der Waals surface area contributed by atoms with Crippen LogP contribution in [-0.2, 0) is 5.41 Å². The van der Waals surface area contributed by atoms with Crippen molar-refractivity contribution >= 4 is 14.5 Å². The molecule has 76 valence electrons. The van der Waals surface area contributed by atoms with Gasteiger partial charge in [-0.15, -0.1) is 0 Å². The first kappa shape index (κ1) is 11.6.